The molecular weight excluding hydrogens is 235 g/mol. The second-order valence-electron chi connectivity index (χ2n) is 4.02. The van der Waals surface area contributed by atoms with E-state index in [9.17, 15) is 18.0 Å². The lowest BCUT2D eigenvalue weighted by Crippen LogP contribution is -2.43. The zero-order chi connectivity index (χ0) is 12.6. The summed E-state index contributed by atoms with van der Waals surface area (Å²) in [4.78, 5) is 10.7. The van der Waals surface area contributed by atoms with Gasteiger partial charge in [0.15, 0.2) is 11.6 Å². The van der Waals surface area contributed by atoms with E-state index in [0.29, 0.717) is 25.0 Å². The maximum atomic E-state index is 13.3. The normalized spacial score (nSPS) is 23.0. The van der Waals surface area contributed by atoms with Gasteiger partial charge in [0.2, 0.25) is 0 Å². The summed E-state index contributed by atoms with van der Waals surface area (Å²) in [6.07, 6.45) is 1.06. The summed E-state index contributed by atoms with van der Waals surface area (Å²) in [6.45, 7) is 0. The Hall–Kier alpha value is -1.72. The van der Waals surface area contributed by atoms with Crippen LogP contribution in [0.15, 0.2) is 12.1 Å². The lowest BCUT2D eigenvalue weighted by atomic mass is 9.79. The number of nitrogens with one attached hydrogen (secondary N) is 1. The highest BCUT2D eigenvalue weighted by molar-refractivity contribution is 5.73. The van der Waals surface area contributed by atoms with Crippen molar-refractivity contribution in [3.8, 4) is 0 Å². The third-order valence-electron chi connectivity index (χ3n) is 2.94. The molecule has 0 bridgehead atoms. The summed E-state index contributed by atoms with van der Waals surface area (Å²) in [7, 11) is 0. The Balaban J connectivity index is 2.14. The first-order valence-electron chi connectivity index (χ1n) is 5.13. The fourth-order valence-corrected chi connectivity index (χ4v) is 1.80. The van der Waals surface area contributed by atoms with Gasteiger partial charge in [-0.1, -0.05) is 0 Å². The number of aliphatic carboxylic acids is 1. The molecule has 3 nitrogen and oxygen atoms in total. The van der Waals surface area contributed by atoms with Crippen molar-refractivity contribution in [1.82, 2.24) is 0 Å². The molecular formula is C11H10F3NO2. The Kier molecular flexibility index (Phi) is 2.95. The molecule has 1 aliphatic rings. The molecule has 1 aliphatic carbocycles. The van der Waals surface area contributed by atoms with E-state index >= 15 is 0 Å². The van der Waals surface area contributed by atoms with E-state index in [1.165, 1.54) is 0 Å². The fourth-order valence-electron chi connectivity index (χ4n) is 1.80. The van der Waals surface area contributed by atoms with Gasteiger partial charge in [0.1, 0.15) is 5.82 Å². The van der Waals surface area contributed by atoms with E-state index in [4.69, 9.17) is 5.11 Å². The number of carboxylic acids is 1. The molecule has 2 N–H and O–H groups in total. The quantitative estimate of drug-likeness (QED) is 0.804. The maximum absolute atomic E-state index is 13.3. The number of hydrogen-bond acceptors (Lipinski definition) is 2. The minimum atomic E-state index is -1.27. The second-order valence-corrected chi connectivity index (χ2v) is 4.02. The van der Waals surface area contributed by atoms with E-state index in [2.05, 4.69) is 5.32 Å². The van der Waals surface area contributed by atoms with E-state index in [1.807, 2.05) is 0 Å². The van der Waals surface area contributed by atoms with Crippen molar-refractivity contribution in [3.63, 3.8) is 0 Å². The van der Waals surface area contributed by atoms with Gasteiger partial charge in [-0.05, 0) is 12.8 Å². The summed E-state index contributed by atoms with van der Waals surface area (Å²) in [5, 5.41) is 11.4. The van der Waals surface area contributed by atoms with Crippen molar-refractivity contribution in [2.45, 2.75) is 18.9 Å². The van der Waals surface area contributed by atoms with Gasteiger partial charge in [-0.3, -0.25) is 4.79 Å². The van der Waals surface area contributed by atoms with E-state index in [-0.39, 0.29) is 5.69 Å². The number of halogens is 3. The minimum Gasteiger partial charge on any atom is -0.481 e. The van der Waals surface area contributed by atoms with Crippen molar-refractivity contribution in [2.75, 3.05) is 5.32 Å². The van der Waals surface area contributed by atoms with Crippen LogP contribution >= 0.6 is 0 Å². The SMILES string of the molecule is O=C(O)C1CCC1Nc1cc(F)c(F)cc1F. The first kappa shape index (κ1) is 11.8. The van der Waals surface area contributed by atoms with E-state index in [1.54, 1.807) is 0 Å². The minimum absolute atomic E-state index is 0.208. The lowest BCUT2D eigenvalue weighted by molar-refractivity contribution is -0.144. The topological polar surface area (TPSA) is 49.3 Å². The molecule has 0 aliphatic heterocycles. The van der Waals surface area contributed by atoms with Crippen LogP contribution in [0, 0.1) is 23.4 Å². The molecule has 2 atom stereocenters. The molecule has 2 rings (SSSR count). The number of hydrogen-bond donors (Lipinski definition) is 2. The summed E-state index contributed by atoms with van der Waals surface area (Å²) in [6, 6.07) is 0.695. The summed E-state index contributed by atoms with van der Waals surface area (Å²) in [5.41, 5.74) is -0.208. The summed E-state index contributed by atoms with van der Waals surface area (Å²) < 4.78 is 38.8. The van der Waals surface area contributed by atoms with Gasteiger partial charge in [-0.25, -0.2) is 13.2 Å². The van der Waals surface area contributed by atoms with Crippen LogP contribution in [0.5, 0.6) is 0 Å². The van der Waals surface area contributed by atoms with Crippen LogP contribution in [-0.2, 0) is 4.79 Å². The largest absolute Gasteiger partial charge is 0.481 e. The van der Waals surface area contributed by atoms with Gasteiger partial charge in [-0.2, -0.15) is 0 Å². The van der Waals surface area contributed by atoms with Crippen molar-refractivity contribution >= 4 is 11.7 Å². The highest BCUT2D eigenvalue weighted by Crippen LogP contribution is 2.31. The number of rotatable bonds is 3. The predicted molar refractivity (Wildman–Crippen MR) is 54.1 cm³/mol. The first-order chi connectivity index (χ1) is 7.99. The lowest BCUT2D eigenvalue weighted by Gasteiger charge is -2.34. The van der Waals surface area contributed by atoms with Gasteiger partial charge >= 0.3 is 5.97 Å². The second kappa shape index (κ2) is 4.27. The Morgan fingerprint density at radius 1 is 1.18 bits per heavy atom. The standard InChI is InChI=1S/C11H10F3NO2/c12-6-3-8(14)10(4-7(6)13)15-9-2-1-5(9)11(16)17/h3-5,9,15H,1-2H2,(H,16,17). The van der Waals surface area contributed by atoms with Crippen LogP contribution in [-0.4, -0.2) is 17.1 Å². The molecule has 92 valence electrons. The molecule has 1 aromatic rings. The Bertz CT molecular complexity index is 464. The Labute approximate surface area is 95.3 Å². The van der Waals surface area contributed by atoms with Gasteiger partial charge in [0.25, 0.3) is 0 Å². The first-order valence-corrected chi connectivity index (χ1v) is 5.13. The van der Waals surface area contributed by atoms with Crippen LogP contribution in [0.25, 0.3) is 0 Å². The van der Waals surface area contributed by atoms with Crippen LogP contribution < -0.4 is 5.32 Å². The van der Waals surface area contributed by atoms with E-state index < -0.39 is 35.4 Å². The molecule has 0 amide bonds. The smallest absolute Gasteiger partial charge is 0.308 e. The average Bonchev–Trinajstić information content (AvgIpc) is 2.18. The van der Waals surface area contributed by atoms with Gasteiger partial charge < -0.3 is 10.4 Å². The summed E-state index contributed by atoms with van der Waals surface area (Å²) >= 11 is 0. The molecule has 1 aromatic carbocycles. The molecule has 6 heteroatoms. The third kappa shape index (κ3) is 2.20. The van der Waals surface area contributed by atoms with Crippen molar-refractivity contribution in [3.05, 3.63) is 29.6 Å². The molecule has 1 fully saturated rings. The molecule has 0 saturated heterocycles. The Morgan fingerprint density at radius 3 is 2.35 bits per heavy atom. The van der Waals surface area contributed by atoms with Crippen molar-refractivity contribution < 1.29 is 23.1 Å². The fraction of sp³-hybridized carbons (Fsp3) is 0.364. The van der Waals surface area contributed by atoms with Crippen LogP contribution in [0.2, 0.25) is 0 Å². The van der Waals surface area contributed by atoms with Gasteiger partial charge in [-0.15, -0.1) is 0 Å². The van der Waals surface area contributed by atoms with E-state index in [0.717, 1.165) is 0 Å². The van der Waals surface area contributed by atoms with Crippen LogP contribution in [0.4, 0.5) is 18.9 Å². The van der Waals surface area contributed by atoms with Crippen molar-refractivity contribution in [1.29, 1.82) is 0 Å². The van der Waals surface area contributed by atoms with Crippen LogP contribution in [0.3, 0.4) is 0 Å². The zero-order valence-electron chi connectivity index (χ0n) is 8.71. The average molecular weight is 245 g/mol. The molecule has 17 heavy (non-hydrogen) atoms. The van der Waals surface area contributed by atoms with Crippen LogP contribution in [0.1, 0.15) is 12.8 Å². The number of anilines is 1. The molecule has 0 aromatic heterocycles. The van der Waals surface area contributed by atoms with Crippen molar-refractivity contribution in [2.24, 2.45) is 5.92 Å². The Morgan fingerprint density at radius 2 is 1.82 bits per heavy atom. The van der Waals surface area contributed by atoms with Gasteiger partial charge in [0.05, 0.1) is 11.6 Å². The molecule has 1 saturated carbocycles. The third-order valence-corrected chi connectivity index (χ3v) is 2.94. The molecule has 2 unspecified atom stereocenters. The van der Waals surface area contributed by atoms with Gasteiger partial charge in [0, 0.05) is 18.2 Å². The number of benzene rings is 1. The molecule has 0 radical (unpaired) electrons. The maximum Gasteiger partial charge on any atom is 0.308 e. The zero-order valence-corrected chi connectivity index (χ0v) is 8.71. The summed E-state index contributed by atoms with van der Waals surface area (Å²) in [5.74, 6) is -4.95. The monoisotopic (exact) mass is 245 g/mol. The molecule has 0 heterocycles. The highest BCUT2D eigenvalue weighted by atomic mass is 19.2. The highest BCUT2D eigenvalue weighted by Gasteiger charge is 2.36. The predicted octanol–water partition coefficient (Wildman–Crippen LogP) is 2.38. The number of carboxylic acid groups (broad SMARTS) is 1. The number of carbonyl (C=O) groups is 1. The molecule has 0 spiro atoms.